The number of carbonyl (C=O) groups excluding carboxylic acids is 2. The van der Waals surface area contributed by atoms with Crippen molar-refractivity contribution in [2.45, 2.75) is 32.5 Å². The van der Waals surface area contributed by atoms with Crippen LogP contribution in [-0.4, -0.2) is 25.3 Å². The first-order chi connectivity index (χ1) is 14.1. The summed E-state index contributed by atoms with van der Waals surface area (Å²) in [5.74, 6) is -1.37. The summed E-state index contributed by atoms with van der Waals surface area (Å²) in [6, 6.07) is 7.89. The molecule has 0 aliphatic carbocycles. The van der Waals surface area contributed by atoms with Gasteiger partial charge in [-0.3, -0.25) is 9.69 Å². The summed E-state index contributed by atoms with van der Waals surface area (Å²) in [4.78, 5) is 30.1. The number of sulfonamides is 1. The molecule has 2 N–H and O–H groups in total. The van der Waals surface area contributed by atoms with Crippen LogP contribution in [-0.2, 0) is 26.2 Å². The molecular weight excluding hydrogens is 430 g/mol. The van der Waals surface area contributed by atoms with Crippen molar-refractivity contribution in [2.75, 3.05) is 4.90 Å². The maximum absolute atomic E-state index is 12.2. The second-order valence-electron chi connectivity index (χ2n) is 6.48. The third-order valence-corrected chi connectivity index (χ3v) is 5.86. The molecule has 11 heteroatoms. The van der Waals surface area contributed by atoms with Gasteiger partial charge in [0, 0.05) is 12.3 Å². The van der Waals surface area contributed by atoms with Crippen molar-refractivity contribution in [1.82, 2.24) is 4.98 Å². The number of primary sulfonamides is 1. The van der Waals surface area contributed by atoms with Gasteiger partial charge in [-0.2, -0.15) is 0 Å². The average molecular weight is 450 g/mol. The third kappa shape index (κ3) is 4.75. The zero-order valence-corrected chi connectivity index (χ0v) is 18.0. The Bertz CT molecular complexity index is 1210. The highest BCUT2D eigenvalue weighted by Crippen LogP contribution is 2.30. The number of ether oxygens (including phenoxy) is 1. The summed E-state index contributed by atoms with van der Waals surface area (Å²) < 4.78 is 32.4. The van der Waals surface area contributed by atoms with E-state index >= 15 is 0 Å². The number of carbonyl (C=O) groups is 2. The second kappa shape index (κ2) is 8.38. The highest BCUT2D eigenvalue weighted by atomic mass is 32.2. The zero-order chi connectivity index (χ0) is 22.1. The number of hydrogen-bond donors (Lipinski definition) is 1. The molecule has 0 bridgehead atoms. The molecule has 3 aromatic rings. The molecule has 0 atom stereocenters. The number of thiazole rings is 1. The van der Waals surface area contributed by atoms with Gasteiger partial charge in [0.05, 0.1) is 11.4 Å². The lowest BCUT2D eigenvalue weighted by molar-refractivity contribution is -0.115. The van der Waals surface area contributed by atoms with Gasteiger partial charge in [0.2, 0.25) is 16.8 Å². The Hall–Kier alpha value is -3.02. The lowest BCUT2D eigenvalue weighted by Crippen LogP contribution is -2.22. The van der Waals surface area contributed by atoms with Crippen LogP contribution in [0.1, 0.15) is 34.3 Å². The van der Waals surface area contributed by atoms with E-state index in [0.717, 1.165) is 23.3 Å². The minimum atomic E-state index is -4.05. The summed E-state index contributed by atoms with van der Waals surface area (Å²) in [5, 5.41) is 6.51. The van der Waals surface area contributed by atoms with Crippen molar-refractivity contribution in [2.24, 2.45) is 5.14 Å². The van der Waals surface area contributed by atoms with E-state index in [4.69, 9.17) is 14.3 Å². The minimum Gasteiger partial charge on any atom is -0.453 e. The summed E-state index contributed by atoms with van der Waals surface area (Å²) >= 11 is 1.23. The largest absolute Gasteiger partial charge is 0.453 e. The van der Waals surface area contributed by atoms with Crippen LogP contribution in [0.15, 0.2) is 45.2 Å². The Labute approximate surface area is 177 Å². The van der Waals surface area contributed by atoms with Crippen LogP contribution in [0.25, 0.3) is 0 Å². The smallest absolute Gasteiger partial charge is 0.374 e. The van der Waals surface area contributed by atoms with E-state index < -0.39 is 21.1 Å². The number of nitrogens with two attached hydrogens (primary N) is 1. The molecule has 9 nitrogen and oxygen atoms in total. The van der Waals surface area contributed by atoms with Crippen molar-refractivity contribution < 1.29 is 27.2 Å². The van der Waals surface area contributed by atoms with Crippen LogP contribution in [0.3, 0.4) is 0 Å². The van der Waals surface area contributed by atoms with Crippen molar-refractivity contribution in [1.29, 1.82) is 0 Å². The highest BCUT2D eigenvalue weighted by molar-refractivity contribution is 7.89. The van der Waals surface area contributed by atoms with Crippen LogP contribution in [0.2, 0.25) is 0 Å². The van der Waals surface area contributed by atoms with Gasteiger partial charge in [-0.25, -0.2) is 23.3 Å². The number of furan rings is 1. The van der Waals surface area contributed by atoms with Crippen LogP contribution in [0.4, 0.5) is 10.8 Å². The average Bonchev–Trinajstić information content (AvgIpc) is 3.32. The molecule has 0 unspecified atom stereocenters. The lowest BCUT2D eigenvalue weighted by atomic mass is 10.1. The molecule has 3 rings (SSSR count). The predicted octanol–water partition coefficient (Wildman–Crippen LogP) is 3.04. The van der Waals surface area contributed by atoms with E-state index in [2.05, 4.69) is 4.98 Å². The Morgan fingerprint density at radius 3 is 2.53 bits per heavy atom. The van der Waals surface area contributed by atoms with E-state index in [1.165, 1.54) is 23.2 Å². The predicted molar refractivity (Wildman–Crippen MR) is 110 cm³/mol. The van der Waals surface area contributed by atoms with E-state index in [1.807, 2.05) is 32.0 Å². The lowest BCUT2D eigenvalue weighted by Gasteiger charge is -2.19. The molecule has 1 aromatic carbocycles. The van der Waals surface area contributed by atoms with Crippen LogP contribution >= 0.6 is 11.3 Å². The summed E-state index contributed by atoms with van der Waals surface area (Å²) in [5.41, 5.74) is 3.27. The fourth-order valence-electron chi connectivity index (χ4n) is 2.55. The topological polar surface area (TPSA) is 133 Å². The highest BCUT2D eigenvalue weighted by Gasteiger charge is 2.21. The van der Waals surface area contributed by atoms with Gasteiger partial charge in [-0.15, -0.1) is 11.3 Å². The molecule has 158 valence electrons. The van der Waals surface area contributed by atoms with Crippen molar-refractivity contribution in [3.05, 3.63) is 58.3 Å². The Balaban J connectivity index is 1.73. The molecule has 30 heavy (non-hydrogen) atoms. The molecule has 0 aliphatic heterocycles. The number of rotatable bonds is 6. The quantitative estimate of drug-likeness (QED) is 0.572. The molecule has 0 radical (unpaired) electrons. The summed E-state index contributed by atoms with van der Waals surface area (Å²) in [6.45, 7) is 5.20. The molecule has 0 spiro atoms. The van der Waals surface area contributed by atoms with Gasteiger partial charge >= 0.3 is 5.97 Å². The maximum Gasteiger partial charge on any atom is 0.374 e. The minimum absolute atomic E-state index is 0.181. The number of amides is 1. The molecular formula is C19H19N3O6S2. The zero-order valence-electron chi connectivity index (χ0n) is 16.4. The summed E-state index contributed by atoms with van der Waals surface area (Å²) in [6.07, 6.45) is 0. The first-order valence-electron chi connectivity index (χ1n) is 8.68. The van der Waals surface area contributed by atoms with Crippen molar-refractivity contribution in [3.63, 3.8) is 0 Å². The van der Waals surface area contributed by atoms with Gasteiger partial charge in [-0.05, 0) is 49.2 Å². The molecule has 0 fully saturated rings. The maximum atomic E-state index is 12.2. The first-order valence-corrected chi connectivity index (χ1v) is 11.1. The van der Waals surface area contributed by atoms with Gasteiger partial charge in [0.15, 0.2) is 5.13 Å². The van der Waals surface area contributed by atoms with Gasteiger partial charge in [0.1, 0.15) is 6.61 Å². The van der Waals surface area contributed by atoms with Crippen molar-refractivity contribution in [3.8, 4) is 0 Å². The van der Waals surface area contributed by atoms with Gasteiger partial charge in [0.25, 0.3) is 10.0 Å². The number of aryl methyl sites for hydroxylation is 2. The molecule has 0 saturated carbocycles. The molecule has 2 heterocycles. The van der Waals surface area contributed by atoms with Gasteiger partial charge in [-0.1, -0.05) is 6.07 Å². The number of anilines is 2. The molecule has 1 amide bonds. The monoisotopic (exact) mass is 449 g/mol. The number of nitrogens with zero attached hydrogens (tertiary/aromatic N) is 2. The molecule has 0 aliphatic rings. The van der Waals surface area contributed by atoms with Crippen LogP contribution in [0.5, 0.6) is 0 Å². The number of esters is 1. The van der Waals surface area contributed by atoms with E-state index in [9.17, 15) is 18.0 Å². The standard InChI is InChI=1S/C19H19N3O6S2/c1-11-4-5-15(8-12(11)2)22(13(3)23)19-21-14(10-29-19)9-27-18(24)16-6-7-17(28-16)30(20,25)26/h4-8,10H,9H2,1-3H3,(H2,20,25,26). The summed E-state index contributed by atoms with van der Waals surface area (Å²) in [7, 11) is -4.05. The van der Waals surface area contributed by atoms with E-state index in [-0.39, 0.29) is 18.3 Å². The fourth-order valence-corrected chi connectivity index (χ4v) is 3.89. The van der Waals surface area contributed by atoms with Crippen LogP contribution in [0, 0.1) is 13.8 Å². The van der Waals surface area contributed by atoms with E-state index in [1.54, 1.807) is 5.38 Å². The Morgan fingerprint density at radius 2 is 1.93 bits per heavy atom. The first kappa shape index (κ1) is 21.7. The van der Waals surface area contributed by atoms with Gasteiger partial charge < -0.3 is 9.15 Å². The number of benzene rings is 1. The second-order valence-corrected chi connectivity index (χ2v) is 8.81. The van der Waals surface area contributed by atoms with E-state index in [0.29, 0.717) is 16.5 Å². The fraction of sp³-hybridized carbons (Fsp3) is 0.211. The Morgan fingerprint density at radius 1 is 1.20 bits per heavy atom. The normalized spacial score (nSPS) is 11.3. The van der Waals surface area contributed by atoms with Crippen LogP contribution < -0.4 is 10.0 Å². The Kier molecular flexibility index (Phi) is 6.06. The molecule has 2 aromatic heterocycles. The molecule has 0 saturated heterocycles. The number of hydrogen-bond acceptors (Lipinski definition) is 8. The third-order valence-electron chi connectivity index (χ3n) is 4.21. The van der Waals surface area contributed by atoms with Crippen molar-refractivity contribution >= 4 is 44.1 Å². The number of aromatic nitrogens is 1. The SMILES string of the molecule is CC(=O)N(c1ccc(C)c(C)c1)c1nc(COC(=O)c2ccc(S(N)(=O)=O)o2)cs1.